The van der Waals surface area contributed by atoms with E-state index >= 15 is 0 Å². The van der Waals surface area contributed by atoms with Crippen LogP contribution >= 0.6 is 0 Å². The number of hydrogen-bond donors (Lipinski definition) is 2. The van der Waals surface area contributed by atoms with Gasteiger partial charge in [0.2, 0.25) is 5.91 Å². The minimum Gasteiger partial charge on any atom is -0.353 e. The van der Waals surface area contributed by atoms with Crippen molar-refractivity contribution in [3.8, 4) is 0 Å². The molecule has 0 aromatic carbocycles. The molecular formula is C15H30N2O. The molecule has 1 saturated heterocycles. The van der Waals surface area contributed by atoms with Gasteiger partial charge in [-0.05, 0) is 45.7 Å². The second-order valence-electron chi connectivity index (χ2n) is 5.75. The Balaban J connectivity index is 2.41. The number of rotatable bonds is 7. The molecule has 0 bridgehead atoms. The average Bonchev–Trinajstić information content (AvgIpc) is 2.39. The highest BCUT2D eigenvalue weighted by Gasteiger charge is 2.37. The van der Waals surface area contributed by atoms with E-state index in [1.54, 1.807) is 0 Å². The standard InChI is InChI=1S/C15H30N2O/c1-4-6-7-8-13(3)17-14(18)15(5-2)9-11-16-12-10-15/h13,16H,4-12H2,1-3H3,(H,17,18). The number of amides is 1. The molecule has 3 heteroatoms. The van der Waals surface area contributed by atoms with Crippen LogP contribution in [-0.2, 0) is 4.79 Å². The summed E-state index contributed by atoms with van der Waals surface area (Å²) in [5.74, 6) is 0.287. The lowest BCUT2D eigenvalue weighted by molar-refractivity contribution is -0.133. The summed E-state index contributed by atoms with van der Waals surface area (Å²) in [6.07, 6.45) is 7.76. The Morgan fingerprint density at radius 2 is 1.94 bits per heavy atom. The first-order valence-corrected chi connectivity index (χ1v) is 7.66. The van der Waals surface area contributed by atoms with Gasteiger partial charge < -0.3 is 10.6 Å². The SMILES string of the molecule is CCCCCC(C)NC(=O)C1(CC)CCNCC1. The summed E-state index contributed by atoms with van der Waals surface area (Å²) in [5, 5.41) is 6.58. The number of carbonyl (C=O) groups is 1. The first-order valence-electron chi connectivity index (χ1n) is 7.66. The number of unbranched alkanes of at least 4 members (excludes halogenated alkanes) is 2. The predicted molar refractivity (Wildman–Crippen MR) is 76.6 cm³/mol. The van der Waals surface area contributed by atoms with Crippen LogP contribution in [0, 0.1) is 5.41 Å². The van der Waals surface area contributed by atoms with Crippen LogP contribution in [0.5, 0.6) is 0 Å². The van der Waals surface area contributed by atoms with E-state index in [0.717, 1.165) is 38.8 Å². The second-order valence-corrected chi connectivity index (χ2v) is 5.75. The van der Waals surface area contributed by atoms with Gasteiger partial charge in [0.15, 0.2) is 0 Å². The van der Waals surface area contributed by atoms with Crippen molar-refractivity contribution in [1.29, 1.82) is 0 Å². The molecule has 0 radical (unpaired) electrons. The molecule has 18 heavy (non-hydrogen) atoms. The van der Waals surface area contributed by atoms with Crippen LogP contribution in [0.4, 0.5) is 0 Å². The predicted octanol–water partition coefficient (Wildman–Crippen LogP) is 2.85. The van der Waals surface area contributed by atoms with Gasteiger partial charge in [-0.2, -0.15) is 0 Å². The molecule has 2 N–H and O–H groups in total. The first-order chi connectivity index (χ1) is 8.64. The maximum atomic E-state index is 12.5. The van der Waals surface area contributed by atoms with Gasteiger partial charge in [-0.25, -0.2) is 0 Å². The summed E-state index contributed by atoms with van der Waals surface area (Å²) >= 11 is 0. The zero-order chi connectivity index (χ0) is 13.4. The topological polar surface area (TPSA) is 41.1 Å². The van der Waals surface area contributed by atoms with Crippen molar-refractivity contribution in [2.75, 3.05) is 13.1 Å². The molecule has 0 aromatic rings. The van der Waals surface area contributed by atoms with Gasteiger partial charge in [-0.1, -0.05) is 33.1 Å². The molecule has 0 aromatic heterocycles. The van der Waals surface area contributed by atoms with Crippen LogP contribution < -0.4 is 10.6 Å². The van der Waals surface area contributed by atoms with Crippen LogP contribution in [-0.4, -0.2) is 25.0 Å². The molecule has 106 valence electrons. The van der Waals surface area contributed by atoms with Gasteiger partial charge in [0.25, 0.3) is 0 Å². The molecule has 1 aliphatic rings. The monoisotopic (exact) mass is 254 g/mol. The highest BCUT2D eigenvalue weighted by molar-refractivity contribution is 5.83. The third-order valence-electron chi connectivity index (χ3n) is 4.34. The van der Waals surface area contributed by atoms with E-state index in [1.807, 2.05) is 0 Å². The molecule has 1 fully saturated rings. The summed E-state index contributed by atoms with van der Waals surface area (Å²) < 4.78 is 0. The lowest BCUT2D eigenvalue weighted by atomic mass is 9.75. The molecule has 0 spiro atoms. The van der Waals surface area contributed by atoms with Gasteiger partial charge in [0.05, 0.1) is 5.41 Å². The van der Waals surface area contributed by atoms with Crippen LogP contribution in [0.15, 0.2) is 0 Å². The summed E-state index contributed by atoms with van der Waals surface area (Å²) in [7, 11) is 0. The Kier molecular flexibility index (Phi) is 6.69. The fraction of sp³-hybridized carbons (Fsp3) is 0.933. The van der Waals surface area contributed by atoms with Crippen LogP contribution in [0.1, 0.15) is 65.7 Å². The van der Waals surface area contributed by atoms with E-state index in [1.165, 1.54) is 19.3 Å². The van der Waals surface area contributed by atoms with E-state index in [2.05, 4.69) is 31.4 Å². The van der Waals surface area contributed by atoms with Crippen molar-refractivity contribution >= 4 is 5.91 Å². The van der Waals surface area contributed by atoms with Crippen molar-refractivity contribution in [3.05, 3.63) is 0 Å². The molecule has 1 rings (SSSR count). The Hall–Kier alpha value is -0.570. The minimum absolute atomic E-state index is 0.107. The average molecular weight is 254 g/mol. The summed E-state index contributed by atoms with van der Waals surface area (Å²) in [6, 6.07) is 0.322. The molecule has 1 amide bonds. The quantitative estimate of drug-likeness (QED) is 0.686. The molecule has 1 unspecified atom stereocenters. The first kappa shape index (κ1) is 15.5. The van der Waals surface area contributed by atoms with Gasteiger partial charge in [0, 0.05) is 6.04 Å². The largest absolute Gasteiger partial charge is 0.353 e. The van der Waals surface area contributed by atoms with Crippen molar-refractivity contribution in [2.45, 2.75) is 71.8 Å². The summed E-state index contributed by atoms with van der Waals surface area (Å²) in [5.41, 5.74) is -0.107. The highest BCUT2D eigenvalue weighted by Crippen LogP contribution is 2.32. The Morgan fingerprint density at radius 3 is 2.50 bits per heavy atom. The van der Waals surface area contributed by atoms with Crippen molar-refractivity contribution in [3.63, 3.8) is 0 Å². The molecule has 1 aliphatic heterocycles. The van der Waals surface area contributed by atoms with E-state index < -0.39 is 0 Å². The van der Waals surface area contributed by atoms with E-state index in [9.17, 15) is 4.79 Å². The van der Waals surface area contributed by atoms with E-state index in [4.69, 9.17) is 0 Å². The van der Waals surface area contributed by atoms with Crippen LogP contribution in [0.25, 0.3) is 0 Å². The smallest absolute Gasteiger partial charge is 0.226 e. The minimum atomic E-state index is -0.107. The van der Waals surface area contributed by atoms with Crippen molar-refractivity contribution < 1.29 is 4.79 Å². The number of hydrogen-bond acceptors (Lipinski definition) is 2. The van der Waals surface area contributed by atoms with Crippen molar-refractivity contribution in [2.24, 2.45) is 5.41 Å². The van der Waals surface area contributed by atoms with E-state index in [-0.39, 0.29) is 11.3 Å². The normalized spacial score (nSPS) is 20.4. The number of carbonyl (C=O) groups excluding carboxylic acids is 1. The molecule has 3 nitrogen and oxygen atoms in total. The summed E-state index contributed by atoms with van der Waals surface area (Å²) in [6.45, 7) is 8.45. The molecule has 1 atom stereocenters. The summed E-state index contributed by atoms with van der Waals surface area (Å²) in [4.78, 5) is 12.5. The molecule has 0 saturated carbocycles. The maximum Gasteiger partial charge on any atom is 0.226 e. The molecule has 1 heterocycles. The van der Waals surface area contributed by atoms with Crippen molar-refractivity contribution in [1.82, 2.24) is 10.6 Å². The van der Waals surface area contributed by atoms with Crippen LogP contribution in [0.3, 0.4) is 0 Å². The zero-order valence-corrected chi connectivity index (χ0v) is 12.3. The Bertz CT molecular complexity index is 247. The van der Waals surface area contributed by atoms with Crippen LogP contribution in [0.2, 0.25) is 0 Å². The third kappa shape index (κ3) is 4.27. The Morgan fingerprint density at radius 1 is 1.28 bits per heavy atom. The lowest BCUT2D eigenvalue weighted by Crippen LogP contribution is -2.49. The molecular weight excluding hydrogens is 224 g/mol. The molecule has 0 aliphatic carbocycles. The number of nitrogens with one attached hydrogen (secondary N) is 2. The highest BCUT2D eigenvalue weighted by atomic mass is 16.2. The Labute approximate surface area is 112 Å². The lowest BCUT2D eigenvalue weighted by Gasteiger charge is -2.36. The maximum absolute atomic E-state index is 12.5. The fourth-order valence-corrected chi connectivity index (χ4v) is 2.80. The number of piperidine rings is 1. The second kappa shape index (κ2) is 7.78. The van der Waals surface area contributed by atoms with Gasteiger partial charge in [-0.3, -0.25) is 4.79 Å². The van der Waals surface area contributed by atoms with Gasteiger partial charge >= 0.3 is 0 Å². The van der Waals surface area contributed by atoms with Gasteiger partial charge in [-0.15, -0.1) is 0 Å². The zero-order valence-electron chi connectivity index (χ0n) is 12.3. The third-order valence-corrected chi connectivity index (χ3v) is 4.34. The van der Waals surface area contributed by atoms with Gasteiger partial charge in [0.1, 0.15) is 0 Å². The van der Waals surface area contributed by atoms with E-state index in [0.29, 0.717) is 6.04 Å². The fourth-order valence-electron chi connectivity index (χ4n) is 2.80.